The van der Waals surface area contributed by atoms with E-state index in [2.05, 4.69) is 4.99 Å². The smallest absolute Gasteiger partial charge is 0.180 e. The molecule has 1 heterocycles. The number of benzene rings is 1. The van der Waals surface area contributed by atoms with Crippen molar-refractivity contribution in [2.24, 2.45) is 4.99 Å². The molecule has 4 N–H and O–H groups in total. The zero-order valence-electron chi connectivity index (χ0n) is 12.6. The van der Waals surface area contributed by atoms with Crippen molar-refractivity contribution in [1.82, 2.24) is 0 Å². The molecule has 2 rings (SSSR count). The summed E-state index contributed by atoms with van der Waals surface area (Å²) in [6, 6.07) is 6.54. The highest BCUT2D eigenvalue weighted by molar-refractivity contribution is 5.80. The molecular formula is C15H22N2O5. The molecule has 7 heteroatoms. The van der Waals surface area contributed by atoms with Gasteiger partial charge in [0.05, 0.1) is 6.61 Å². The molecule has 1 saturated heterocycles. The van der Waals surface area contributed by atoms with Crippen LogP contribution in [0.5, 0.6) is 0 Å². The fourth-order valence-electron chi connectivity index (χ4n) is 2.27. The van der Waals surface area contributed by atoms with E-state index in [0.29, 0.717) is 0 Å². The van der Waals surface area contributed by atoms with Crippen molar-refractivity contribution in [1.29, 1.82) is 0 Å². The van der Waals surface area contributed by atoms with Crippen LogP contribution in [0.15, 0.2) is 29.3 Å². The Bertz CT molecular complexity index is 505. The van der Waals surface area contributed by atoms with Gasteiger partial charge in [-0.1, -0.05) is 12.1 Å². The van der Waals surface area contributed by atoms with Gasteiger partial charge in [-0.15, -0.1) is 0 Å². The lowest BCUT2D eigenvalue weighted by atomic mass is 9.97. The van der Waals surface area contributed by atoms with Crippen LogP contribution < -0.4 is 4.90 Å². The Labute approximate surface area is 129 Å². The topological polar surface area (TPSA) is 106 Å². The quantitative estimate of drug-likeness (QED) is 0.530. The number of anilines is 1. The Hall–Kier alpha value is -1.51. The zero-order valence-corrected chi connectivity index (χ0v) is 12.6. The molecule has 1 aromatic carbocycles. The molecule has 0 aromatic heterocycles. The summed E-state index contributed by atoms with van der Waals surface area (Å²) in [6.07, 6.45) is -3.50. The molecule has 7 nitrogen and oxygen atoms in total. The summed E-state index contributed by atoms with van der Waals surface area (Å²) in [4.78, 5) is 6.07. The molecule has 5 atom stereocenters. The number of rotatable bonds is 4. The number of hydrogen-bond donors (Lipinski definition) is 4. The van der Waals surface area contributed by atoms with Gasteiger partial charge in [0.1, 0.15) is 24.4 Å². The summed E-state index contributed by atoms with van der Waals surface area (Å²) in [7, 11) is 3.88. The summed E-state index contributed by atoms with van der Waals surface area (Å²) in [5.74, 6) is 0. The Kier molecular flexibility index (Phi) is 5.49. The molecule has 122 valence electrons. The van der Waals surface area contributed by atoms with E-state index in [0.717, 1.165) is 11.3 Å². The van der Waals surface area contributed by atoms with Crippen molar-refractivity contribution in [3.05, 3.63) is 29.8 Å². The monoisotopic (exact) mass is 310 g/mol. The number of aliphatic hydroxyl groups excluding tert-OH is 4. The second kappa shape index (κ2) is 7.17. The number of hydrogen-bond acceptors (Lipinski definition) is 7. The predicted octanol–water partition coefficient (Wildman–Crippen LogP) is -1.03. The lowest BCUT2D eigenvalue weighted by Gasteiger charge is -2.38. The predicted molar refractivity (Wildman–Crippen MR) is 82.1 cm³/mol. The standard InChI is InChI=1S/C15H22N2O5/c1-17(2)10-5-3-9(4-6-10)7-16-12-14(20)13(19)11(8-18)22-15(12)21/h3-7,11-15,18-21H,8H2,1-2H3/t11-,12+,13+,14+,15+/m0/s1. The second-order valence-electron chi connectivity index (χ2n) is 5.48. The first-order valence-corrected chi connectivity index (χ1v) is 7.05. The van der Waals surface area contributed by atoms with Crippen LogP contribution in [0.25, 0.3) is 0 Å². The average molecular weight is 310 g/mol. The number of ether oxygens (including phenoxy) is 1. The van der Waals surface area contributed by atoms with E-state index in [1.807, 2.05) is 43.3 Å². The Morgan fingerprint density at radius 1 is 1.14 bits per heavy atom. The Morgan fingerprint density at radius 2 is 1.77 bits per heavy atom. The highest BCUT2D eigenvalue weighted by Crippen LogP contribution is 2.22. The van der Waals surface area contributed by atoms with E-state index in [1.165, 1.54) is 6.21 Å². The minimum Gasteiger partial charge on any atom is -0.394 e. The van der Waals surface area contributed by atoms with Crippen molar-refractivity contribution in [2.45, 2.75) is 30.6 Å². The Balaban J connectivity index is 2.08. The summed E-state index contributed by atoms with van der Waals surface area (Å²) in [5, 5.41) is 38.6. The van der Waals surface area contributed by atoms with Gasteiger partial charge in [0.15, 0.2) is 6.29 Å². The van der Waals surface area contributed by atoms with Crippen LogP contribution in [0, 0.1) is 0 Å². The normalized spacial score (nSPS) is 32.4. The van der Waals surface area contributed by atoms with Gasteiger partial charge in [-0.3, -0.25) is 4.99 Å². The number of aliphatic hydroxyl groups is 4. The molecule has 0 unspecified atom stereocenters. The van der Waals surface area contributed by atoms with Crippen LogP contribution in [0.2, 0.25) is 0 Å². The number of aliphatic imine (C=N–C) groups is 1. The average Bonchev–Trinajstić information content (AvgIpc) is 2.51. The van der Waals surface area contributed by atoms with Crippen LogP contribution in [-0.4, -0.2) is 78.0 Å². The lowest BCUT2D eigenvalue weighted by molar-refractivity contribution is -0.248. The third-order valence-corrected chi connectivity index (χ3v) is 3.67. The maximum Gasteiger partial charge on any atom is 0.180 e. The first-order valence-electron chi connectivity index (χ1n) is 7.05. The van der Waals surface area contributed by atoms with E-state index >= 15 is 0 Å². The maximum absolute atomic E-state index is 9.98. The summed E-state index contributed by atoms with van der Waals surface area (Å²) in [5.41, 5.74) is 1.84. The molecule has 1 aliphatic heterocycles. The molecule has 0 amide bonds. The number of nitrogens with zero attached hydrogens (tertiary/aromatic N) is 2. The lowest BCUT2D eigenvalue weighted by Crippen LogP contribution is -2.57. The molecule has 0 bridgehead atoms. The molecule has 0 aliphatic carbocycles. The van der Waals surface area contributed by atoms with Crippen molar-refractivity contribution < 1.29 is 25.2 Å². The maximum atomic E-state index is 9.98. The Morgan fingerprint density at radius 3 is 2.32 bits per heavy atom. The van der Waals surface area contributed by atoms with Gasteiger partial charge in [0.25, 0.3) is 0 Å². The third-order valence-electron chi connectivity index (χ3n) is 3.67. The zero-order chi connectivity index (χ0) is 16.3. The molecule has 22 heavy (non-hydrogen) atoms. The van der Waals surface area contributed by atoms with Crippen LogP contribution in [-0.2, 0) is 4.74 Å². The summed E-state index contributed by atoms with van der Waals surface area (Å²) >= 11 is 0. The summed E-state index contributed by atoms with van der Waals surface area (Å²) < 4.78 is 5.04. The van der Waals surface area contributed by atoms with Gasteiger partial charge in [0.2, 0.25) is 0 Å². The third kappa shape index (κ3) is 3.63. The molecular weight excluding hydrogens is 288 g/mol. The molecule has 0 saturated carbocycles. The first-order chi connectivity index (χ1) is 10.4. The molecule has 1 fully saturated rings. The molecule has 1 aromatic rings. The molecule has 1 aliphatic rings. The van der Waals surface area contributed by atoms with Gasteiger partial charge in [0, 0.05) is 26.0 Å². The van der Waals surface area contributed by atoms with Crippen molar-refractivity contribution in [3.8, 4) is 0 Å². The largest absolute Gasteiger partial charge is 0.394 e. The van der Waals surface area contributed by atoms with Gasteiger partial charge in [-0.25, -0.2) is 0 Å². The minimum atomic E-state index is -1.38. The first kappa shape index (κ1) is 16.9. The highest BCUT2D eigenvalue weighted by atomic mass is 16.6. The van der Waals surface area contributed by atoms with E-state index in [1.54, 1.807) is 0 Å². The second-order valence-corrected chi connectivity index (χ2v) is 5.48. The van der Waals surface area contributed by atoms with Gasteiger partial charge in [-0.05, 0) is 17.7 Å². The van der Waals surface area contributed by atoms with Crippen LogP contribution in [0.1, 0.15) is 5.56 Å². The van der Waals surface area contributed by atoms with Crippen LogP contribution in [0.3, 0.4) is 0 Å². The summed E-state index contributed by atoms with van der Waals surface area (Å²) in [6.45, 7) is -0.488. The van der Waals surface area contributed by atoms with E-state index in [-0.39, 0.29) is 0 Å². The van der Waals surface area contributed by atoms with E-state index < -0.39 is 37.3 Å². The van der Waals surface area contributed by atoms with E-state index in [9.17, 15) is 15.3 Å². The van der Waals surface area contributed by atoms with Gasteiger partial charge in [-0.2, -0.15) is 0 Å². The van der Waals surface area contributed by atoms with Gasteiger partial charge < -0.3 is 30.1 Å². The van der Waals surface area contributed by atoms with Crippen molar-refractivity contribution in [3.63, 3.8) is 0 Å². The molecule has 0 spiro atoms. The van der Waals surface area contributed by atoms with Crippen LogP contribution >= 0.6 is 0 Å². The fraction of sp³-hybridized carbons (Fsp3) is 0.533. The van der Waals surface area contributed by atoms with Crippen molar-refractivity contribution >= 4 is 11.9 Å². The minimum absolute atomic E-state index is 0.488. The molecule has 0 radical (unpaired) electrons. The van der Waals surface area contributed by atoms with Gasteiger partial charge >= 0.3 is 0 Å². The fourth-order valence-corrected chi connectivity index (χ4v) is 2.27. The van der Waals surface area contributed by atoms with Crippen molar-refractivity contribution in [2.75, 3.05) is 25.6 Å². The highest BCUT2D eigenvalue weighted by Gasteiger charge is 2.43. The van der Waals surface area contributed by atoms with Crippen LogP contribution in [0.4, 0.5) is 5.69 Å². The van der Waals surface area contributed by atoms with E-state index in [4.69, 9.17) is 9.84 Å². The SMILES string of the molecule is CN(C)c1ccc(C=N[C@@H]2[C@@H](O)[C@H](O)[C@H](CO)O[C@H]2O)cc1.